The van der Waals surface area contributed by atoms with Crippen LogP contribution in [-0.2, 0) is 9.59 Å². The van der Waals surface area contributed by atoms with E-state index in [2.05, 4.69) is 21.0 Å². The fourth-order valence-electron chi connectivity index (χ4n) is 4.73. The number of anilines is 2. The maximum Gasteiger partial charge on any atom is 0.259 e. The van der Waals surface area contributed by atoms with Gasteiger partial charge in [0.15, 0.2) is 0 Å². The predicted molar refractivity (Wildman–Crippen MR) is 144 cm³/mol. The number of benzene rings is 4. The largest absolute Gasteiger partial charge is 0.287 e. The van der Waals surface area contributed by atoms with E-state index < -0.39 is 23.8 Å². The van der Waals surface area contributed by atoms with Crippen LogP contribution in [0.1, 0.15) is 10.4 Å². The first-order valence-corrected chi connectivity index (χ1v) is 12.4. The Hall–Kier alpha value is -3.81. The van der Waals surface area contributed by atoms with Gasteiger partial charge in [0, 0.05) is 15.1 Å². The monoisotopic (exact) mass is 557 g/mol. The number of hydrazone groups is 1. The smallest absolute Gasteiger partial charge is 0.259 e. The molecule has 0 radical (unpaired) electrons. The Morgan fingerprint density at radius 3 is 2.19 bits per heavy atom. The number of rotatable bonds is 4. The van der Waals surface area contributed by atoms with Crippen molar-refractivity contribution >= 4 is 73.0 Å². The minimum atomic E-state index is -1.03. The highest BCUT2D eigenvalue weighted by Crippen LogP contribution is 2.39. The van der Waals surface area contributed by atoms with Gasteiger partial charge in [0.1, 0.15) is 17.7 Å². The number of carbonyl (C=O) groups excluding carboxylic acids is 3. The van der Waals surface area contributed by atoms with E-state index in [4.69, 9.17) is 11.6 Å². The van der Waals surface area contributed by atoms with Crippen LogP contribution in [0, 0.1) is 5.92 Å². The third-order valence-corrected chi connectivity index (χ3v) is 7.25. The van der Waals surface area contributed by atoms with Gasteiger partial charge >= 0.3 is 0 Å². The van der Waals surface area contributed by atoms with Crippen LogP contribution >= 0.6 is 27.5 Å². The molecule has 4 aromatic rings. The van der Waals surface area contributed by atoms with E-state index in [1.165, 1.54) is 5.01 Å². The van der Waals surface area contributed by atoms with Gasteiger partial charge in [-0.25, -0.2) is 4.90 Å². The van der Waals surface area contributed by atoms with E-state index in [9.17, 15) is 14.4 Å². The Bertz CT molecular complexity index is 1580. The van der Waals surface area contributed by atoms with E-state index in [0.717, 1.165) is 20.1 Å². The van der Waals surface area contributed by atoms with Gasteiger partial charge < -0.3 is 0 Å². The number of nitrogens with zero attached hydrogens (tertiary/aromatic N) is 3. The summed E-state index contributed by atoms with van der Waals surface area (Å²) < 4.78 is 0.821. The highest BCUT2D eigenvalue weighted by Gasteiger charge is 2.58. The molecule has 1 saturated heterocycles. The minimum absolute atomic E-state index is 0.0446. The van der Waals surface area contributed by atoms with Crippen LogP contribution < -0.4 is 9.91 Å². The number of carbonyl (C=O) groups is 3. The zero-order valence-corrected chi connectivity index (χ0v) is 21.0. The van der Waals surface area contributed by atoms with Crippen molar-refractivity contribution in [2.45, 2.75) is 6.04 Å². The zero-order valence-electron chi connectivity index (χ0n) is 18.6. The fraction of sp³-hybridized carbons (Fsp3) is 0.0714. The molecule has 0 saturated carbocycles. The molecule has 6 rings (SSSR count). The van der Waals surface area contributed by atoms with Crippen molar-refractivity contribution in [1.29, 1.82) is 0 Å². The summed E-state index contributed by atoms with van der Waals surface area (Å²) in [6.07, 6.45) is 0. The molecule has 6 nitrogen and oxygen atoms in total. The molecule has 4 aromatic carbocycles. The second-order valence-electron chi connectivity index (χ2n) is 8.61. The van der Waals surface area contributed by atoms with E-state index in [0.29, 0.717) is 22.0 Å². The van der Waals surface area contributed by atoms with Crippen LogP contribution in [0.25, 0.3) is 10.8 Å². The summed E-state index contributed by atoms with van der Waals surface area (Å²) in [5.41, 5.74) is 1.46. The van der Waals surface area contributed by atoms with E-state index in [-0.39, 0.29) is 11.5 Å². The van der Waals surface area contributed by atoms with E-state index in [1.807, 2.05) is 30.3 Å². The molecule has 2 aliphatic rings. The SMILES string of the molecule is O=C(C1=NN(c2ccc(Cl)cc2)C2C(=O)N(c3ccc(Br)cc3)C(=O)C12)c1ccc2ccccc2c1. The van der Waals surface area contributed by atoms with Crippen LogP contribution in [0.5, 0.6) is 0 Å². The van der Waals surface area contributed by atoms with E-state index in [1.54, 1.807) is 60.7 Å². The third-order valence-electron chi connectivity index (χ3n) is 6.47. The lowest BCUT2D eigenvalue weighted by atomic mass is 9.91. The number of Topliss-reactive ketones (excluding diaryl/α,β-unsaturated/α-hetero) is 1. The first kappa shape index (κ1) is 22.6. The normalized spacial score (nSPS) is 19.1. The molecule has 2 heterocycles. The highest BCUT2D eigenvalue weighted by molar-refractivity contribution is 9.10. The lowest BCUT2D eigenvalue weighted by Crippen LogP contribution is -2.39. The Kier molecular flexibility index (Phi) is 5.47. The van der Waals surface area contributed by atoms with Gasteiger partial charge in [0.25, 0.3) is 5.91 Å². The second-order valence-corrected chi connectivity index (χ2v) is 9.96. The Balaban J connectivity index is 1.45. The van der Waals surface area contributed by atoms with Crippen molar-refractivity contribution in [3.05, 3.63) is 106 Å². The van der Waals surface area contributed by atoms with Gasteiger partial charge in [0.05, 0.1) is 11.4 Å². The molecule has 2 unspecified atom stereocenters. The lowest BCUT2D eigenvalue weighted by molar-refractivity contribution is -0.121. The number of hydrogen-bond donors (Lipinski definition) is 0. The average Bonchev–Trinajstić information content (AvgIpc) is 3.41. The molecule has 36 heavy (non-hydrogen) atoms. The molecule has 2 amide bonds. The fourth-order valence-corrected chi connectivity index (χ4v) is 5.12. The molecule has 0 aromatic heterocycles. The number of fused-ring (bicyclic) bond motifs is 2. The third kappa shape index (κ3) is 3.63. The van der Waals surface area contributed by atoms with Gasteiger partial charge in [0.2, 0.25) is 11.7 Å². The predicted octanol–water partition coefficient (Wildman–Crippen LogP) is 5.87. The number of amides is 2. The molecule has 2 atom stereocenters. The van der Waals surface area contributed by atoms with Crippen molar-refractivity contribution in [2.75, 3.05) is 9.91 Å². The van der Waals surface area contributed by atoms with Crippen LogP contribution in [-0.4, -0.2) is 29.4 Å². The molecule has 2 aliphatic heterocycles. The van der Waals surface area contributed by atoms with Crippen molar-refractivity contribution in [1.82, 2.24) is 0 Å². The summed E-state index contributed by atoms with van der Waals surface area (Å²) in [5.74, 6) is -2.33. The van der Waals surface area contributed by atoms with Gasteiger partial charge in [-0.15, -0.1) is 0 Å². The van der Waals surface area contributed by atoms with Crippen molar-refractivity contribution in [2.24, 2.45) is 11.0 Å². The van der Waals surface area contributed by atoms with Crippen molar-refractivity contribution < 1.29 is 14.4 Å². The number of hydrogen-bond acceptors (Lipinski definition) is 5. The summed E-state index contributed by atoms with van der Waals surface area (Å²) in [7, 11) is 0. The number of imide groups is 1. The van der Waals surface area contributed by atoms with E-state index >= 15 is 0 Å². The maximum atomic E-state index is 13.7. The molecular formula is C28H17BrClN3O3. The molecule has 8 heteroatoms. The van der Waals surface area contributed by atoms with Gasteiger partial charge in [-0.05, 0) is 65.4 Å². The Morgan fingerprint density at radius 2 is 1.47 bits per heavy atom. The van der Waals surface area contributed by atoms with Crippen LogP contribution in [0.4, 0.5) is 11.4 Å². The minimum Gasteiger partial charge on any atom is -0.287 e. The zero-order chi connectivity index (χ0) is 25.0. The summed E-state index contributed by atoms with van der Waals surface area (Å²) in [4.78, 5) is 42.2. The Morgan fingerprint density at radius 1 is 0.806 bits per heavy atom. The summed E-state index contributed by atoms with van der Waals surface area (Å²) in [6, 6.07) is 25.8. The Labute approximate surface area is 219 Å². The molecule has 0 N–H and O–H groups in total. The molecule has 0 bridgehead atoms. The number of halogens is 2. The first-order valence-electron chi connectivity index (χ1n) is 11.2. The standard InChI is InChI=1S/C28H17BrClN3O3/c29-19-7-11-21(12-8-19)32-27(35)23-24(26(34)18-6-5-16-3-1-2-4-17(16)15-18)31-33(25(23)28(32)36)22-13-9-20(30)10-14-22/h1-15,23,25H. The van der Waals surface area contributed by atoms with Gasteiger partial charge in [-0.3, -0.25) is 19.4 Å². The van der Waals surface area contributed by atoms with Crippen LogP contribution in [0.2, 0.25) is 5.02 Å². The summed E-state index contributed by atoms with van der Waals surface area (Å²) >= 11 is 9.44. The first-order chi connectivity index (χ1) is 17.4. The topological polar surface area (TPSA) is 70.1 Å². The number of ketones is 1. The van der Waals surface area contributed by atoms with Gasteiger partial charge in [-0.1, -0.05) is 63.9 Å². The summed E-state index contributed by atoms with van der Waals surface area (Å²) in [6.45, 7) is 0. The van der Waals surface area contributed by atoms with Crippen LogP contribution in [0.3, 0.4) is 0 Å². The molecular weight excluding hydrogens is 542 g/mol. The quantitative estimate of drug-likeness (QED) is 0.232. The van der Waals surface area contributed by atoms with Gasteiger partial charge in [-0.2, -0.15) is 5.10 Å². The second kappa shape index (κ2) is 8.69. The van der Waals surface area contributed by atoms with Crippen LogP contribution in [0.15, 0.2) is 101 Å². The molecule has 0 spiro atoms. The lowest BCUT2D eigenvalue weighted by Gasteiger charge is -2.22. The molecule has 0 aliphatic carbocycles. The maximum absolute atomic E-state index is 13.7. The highest BCUT2D eigenvalue weighted by atomic mass is 79.9. The average molecular weight is 559 g/mol. The van der Waals surface area contributed by atoms with Crippen molar-refractivity contribution in [3.63, 3.8) is 0 Å². The molecule has 1 fully saturated rings. The molecule has 176 valence electrons. The van der Waals surface area contributed by atoms with Crippen molar-refractivity contribution in [3.8, 4) is 0 Å². The summed E-state index contributed by atoms with van der Waals surface area (Å²) in [5, 5.41) is 8.44.